The van der Waals surface area contributed by atoms with Gasteiger partial charge >= 0.3 is 6.03 Å². The minimum atomic E-state index is -0.0626. The van der Waals surface area contributed by atoms with Crippen molar-refractivity contribution in [2.24, 2.45) is 0 Å². The normalized spacial score (nSPS) is 16.4. The average Bonchev–Trinajstić information content (AvgIpc) is 3.36. The van der Waals surface area contributed by atoms with Crippen LogP contribution in [-0.4, -0.2) is 30.7 Å². The summed E-state index contributed by atoms with van der Waals surface area (Å²) >= 11 is 1.67. The summed E-state index contributed by atoms with van der Waals surface area (Å²) in [5.74, 6) is 1.40. The van der Waals surface area contributed by atoms with Crippen molar-refractivity contribution < 1.29 is 14.3 Å². The minimum Gasteiger partial charge on any atom is -0.490 e. The Morgan fingerprint density at radius 2 is 1.96 bits per heavy atom. The molecular weight excluding hydrogens is 360 g/mol. The van der Waals surface area contributed by atoms with Crippen molar-refractivity contribution in [3.63, 3.8) is 0 Å². The van der Waals surface area contributed by atoms with Crippen molar-refractivity contribution in [3.05, 3.63) is 40.6 Å². The summed E-state index contributed by atoms with van der Waals surface area (Å²) in [6, 6.07) is 7.81. The van der Waals surface area contributed by atoms with E-state index in [1.165, 1.54) is 5.56 Å². The van der Waals surface area contributed by atoms with E-state index < -0.39 is 0 Å². The number of amides is 2. The van der Waals surface area contributed by atoms with Crippen LogP contribution in [0.4, 0.5) is 10.5 Å². The molecule has 0 aliphatic carbocycles. The molecule has 1 aromatic heterocycles. The molecule has 146 valence electrons. The van der Waals surface area contributed by atoms with Crippen LogP contribution in [0.1, 0.15) is 51.1 Å². The standard InChI is InChI=1S/C21H28N2O3S/c1-3-11-25-19-8-7-17(14-20(19)26-12-4-2)22-21(24)23-10-5-6-18(23)16-9-13-27-15-16/h7-9,13-15,18H,3-6,10-12H2,1-2H3,(H,22,24). The highest BCUT2D eigenvalue weighted by molar-refractivity contribution is 7.08. The third kappa shape index (κ3) is 4.95. The predicted octanol–water partition coefficient (Wildman–Crippen LogP) is 5.69. The summed E-state index contributed by atoms with van der Waals surface area (Å²) in [5.41, 5.74) is 1.95. The van der Waals surface area contributed by atoms with Gasteiger partial charge in [-0.2, -0.15) is 11.3 Å². The molecule has 1 unspecified atom stereocenters. The highest BCUT2D eigenvalue weighted by atomic mass is 32.1. The van der Waals surface area contributed by atoms with Gasteiger partial charge in [-0.05, 0) is 60.2 Å². The van der Waals surface area contributed by atoms with Gasteiger partial charge in [-0.3, -0.25) is 0 Å². The lowest BCUT2D eigenvalue weighted by atomic mass is 10.1. The zero-order chi connectivity index (χ0) is 19.1. The summed E-state index contributed by atoms with van der Waals surface area (Å²) < 4.78 is 11.6. The van der Waals surface area contributed by atoms with Gasteiger partial charge in [0.25, 0.3) is 0 Å². The molecule has 1 aliphatic heterocycles. The van der Waals surface area contributed by atoms with Crippen LogP contribution in [0.2, 0.25) is 0 Å². The molecule has 1 fully saturated rings. The molecule has 1 N–H and O–H groups in total. The van der Waals surface area contributed by atoms with Crippen LogP contribution in [0.15, 0.2) is 35.0 Å². The SMILES string of the molecule is CCCOc1ccc(NC(=O)N2CCCC2c2ccsc2)cc1OCCC. The lowest BCUT2D eigenvalue weighted by Gasteiger charge is -2.24. The summed E-state index contributed by atoms with van der Waals surface area (Å²) in [5, 5.41) is 7.23. The van der Waals surface area contributed by atoms with Crippen molar-refractivity contribution in [1.29, 1.82) is 0 Å². The second-order valence-electron chi connectivity index (χ2n) is 6.70. The largest absolute Gasteiger partial charge is 0.490 e. The lowest BCUT2D eigenvalue weighted by Crippen LogP contribution is -2.34. The number of carbonyl (C=O) groups excluding carboxylic acids is 1. The van der Waals surface area contributed by atoms with E-state index >= 15 is 0 Å². The summed E-state index contributed by atoms with van der Waals surface area (Å²) in [6.07, 6.45) is 3.89. The Morgan fingerprint density at radius 1 is 1.19 bits per heavy atom. The number of ether oxygens (including phenoxy) is 2. The number of thiophene rings is 1. The maximum Gasteiger partial charge on any atom is 0.322 e. The summed E-state index contributed by atoms with van der Waals surface area (Å²) in [6.45, 7) is 6.18. The smallest absolute Gasteiger partial charge is 0.322 e. The summed E-state index contributed by atoms with van der Waals surface area (Å²) in [7, 11) is 0. The van der Waals surface area contributed by atoms with E-state index in [1.807, 2.05) is 23.1 Å². The van der Waals surface area contributed by atoms with Crippen LogP contribution in [0.5, 0.6) is 11.5 Å². The number of nitrogens with zero attached hydrogens (tertiary/aromatic N) is 1. The van der Waals surface area contributed by atoms with E-state index in [2.05, 4.69) is 36.0 Å². The summed E-state index contributed by atoms with van der Waals surface area (Å²) in [4.78, 5) is 14.8. The molecule has 0 bridgehead atoms. The fourth-order valence-corrected chi connectivity index (χ4v) is 3.97. The van der Waals surface area contributed by atoms with Gasteiger partial charge in [0, 0.05) is 18.3 Å². The fourth-order valence-electron chi connectivity index (χ4n) is 3.26. The molecule has 1 aliphatic rings. The third-order valence-corrected chi connectivity index (χ3v) is 5.26. The van der Waals surface area contributed by atoms with Gasteiger partial charge in [0.15, 0.2) is 11.5 Å². The van der Waals surface area contributed by atoms with E-state index in [9.17, 15) is 4.79 Å². The van der Waals surface area contributed by atoms with Gasteiger partial charge in [-0.25, -0.2) is 4.79 Å². The number of likely N-dealkylation sites (tertiary alicyclic amines) is 1. The molecule has 1 aromatic carbocycles. The monoisotopic (exact) mass is 388 g/mol. The van der Waals surface area contributed by atoms with E-state index in [4.69, 9.17) is 9.47 Å². The first-order valence-electron chi connectivity index (χ1n) is 9.72. The van der Waals surface area contributed by atoms with Crippen LogP contribution in [0, 0.1) is 0 Å². The highest BCUT2D eigenvalue weighted by Crippen LogP contribution is 2.35. The number of hydrogen-bond donors (Lipinski definition) is 1. The van der Waals surface area contributed by atoms with Crippen molar-refractivity contribution >= 4 is 23.1 Å². The molecule has 2 aromatic rings. The zero-order valence-electron chi connectivity index (χ0n) is 16.1. The van der Waals surface area contributed by atoms with Crippen LogP contribution in [0.3, 0.4) is 0 Å². The first-order chi connectivity index (χ1) is 13.2. The molecule has 0 spiro atoms. The molecule has 2 heterocycles. The van der Waals surface area contributed by atoms with Gasteiger partial charge < -0.3 is 19.7 Å². The van der Waals surface area contributed by atoms with Crippen molar-refractivity contribution in [2.45, 2.75) is 45.6 Å². The molecule has 0 saturated carbocycles. The van der Waals surface area contributed by atoms with E-state index in [0.717, 1.165) is 43.7 Å². The quantitative estimate of drug-likeness (QED) is 0.631. The number of anilines is 1. The van der Waals surface area contributed by atoms with Crippen LogP contribution >= 0.6 is 11.3 Å². The number of hydrogen-bond acceptors (Lipinski definition) is 4. The Bertz CT molecular complexity index is 733. The van der Waals surface area contributed by atoms with Crippen LogP contribution < -0.4 is 14.8 Å². The Hall–Kier alpha value is -2.21. The number of carbonyl (C=O) groups is 1. The van der Waals surface area contributed by atoms with Gasteiger partial charge in [0.05, 0.1) is 19.3 Å². The Morgan fingerprint density at radius 3 is 2.67 bits per heavy atom. The van der Waals surface area contributed by atoms with Gasteiger partial charge in [0.1, 0.15) is 0 Å². The van der Waals surface area contributed by atoms with Crippen molar-refractivity contribution in [2.75, 3.05) is 25.1 Å². The van der Waals surface area contributed by atoms with Gasteiger partial charge in [0.2, 0.25) is 0 Å². The predicted molar refractivity (Wildman–Crippen MR) is 110 cm³/mol. The van der Waals surface area contributed by atoms with Crippen molar-refractivity contribution in [3.8, 4) is 11.5 Å². The molecule has 5 nitrogen and oxygen atoms in total. The lowest BCUT2D eigenvalue weighted by molar-refractivity contribution is 0.207. The van der Waals surface area contributed by atoms with E-state index in [0.29, 0.717) is 19.0 Å². The number of benzene rings is 1. The molecule has 27 heavy (non-hydrogen) atoms. The molecule has 6 heteroatoms. The maximum absolute atomic E-state index is 12.8. The molecule has 1 atom stereocenters. The third-order valence-electron chi connectivity index (χ3n) is 4.56. The second kappa shape index (κ2) is 9.65. The van der Waals surface area contributed by atoms with Gasteiger partial charge in [-0.1, -0.05) is 13.8 Å². The first kappa shape index (κ1) is 19.5. The topological polar surface area (TPSA) is 50.8 Å². The Labute approximate surface area is 165 Å². The van der Waals surface area contributed by atoms with E-state index in [-0.39, 0.29) is 12.1 Å². The zero-order valence-corrected chi connectivity index (χ0v) is 16.9. The maximum atomic E-state index is 12.8. The average molecular weight is 389 g/mol. The number of urea groups is 1. The van der Waals surface area contributed by atoms with Crippen molar-refractivity contribution in [1.82, 2.24) is 4.90 Å². The molecular formula is C21H28N2O3S. The van der Waals surface area contributed by atoms with Crippen LogP contribution in [0.25, 0.3) is 0 Å². The fraction of sp³-hybridized carbons (Fsp3) is 0.476. The number of nitrogens with one attached hydrogen (secondary N) is 1. The number of rotatable bonds is 8. The highest BCUT2D eigenvalue weighted by Gasteiger charge is 2.30. The van der Waals surface area contributed by atoms with Crippen LogP contribution in [-0.2, 0) is 0 Å². The second-order valence-corrected chi connectivity index (χ2v) is 7.48. The van der Waals surface area contributed by atoms with E-state index in [1.54, 1.807) is 11.3 Å². The minimum absolute atomic E-state index is 0.0626. The van der Waals surface area contributed by atoms with Gasteiger partial charge in [-0.15, -0.1) is 0 Å². The molecule has 0 radical (unpaired) electrons. The molecule has 3 rings (SSSR count). The first-order valence-corrected chi connectivity index (χ1v) is 10.7. The molecule has 2 amide bonds. The Kier molecular flexibility index (Phi) is 6.98. The Balaban J connectivity index is 1.71. The molecule has 1 saturated heterocycles.